The number of hydrogen-bond donors (Lipinski definition) is 2. The summed E-state index contributed by atoms with van der Waals surface area (Å²) in [6.45, 7) is 0. The Bertz CT molecular complexity index is 393. The second-order valence-electron chi connectivity index (χ2n) is 2.62. The van der Waals surface area contributed by atoms with Crippen molar-refractivity contribution in [3.8, 4) is 0 Å². The Labute approximate surface area is 106 Å². The van der Waals surface area contributed by atoms with Crippen LogP contribution < -0.4 is 5.73 Å². The third-order valence-corrected chi connectivity index (χ3v) is 3.90. The predicted molar refractivity (Wildman–Crippen MR) is 65.3 cm³/mol. The van der Waals surface area contributed by atoms with Crippen LogP contribution in [0.1, 0.15) is 5.56 Å². The fourth-order valence-electron chi connectivity index (χ4n) is 0.962. The minimum absolute atomic E-state index is 0.0708. The maximum Gasteiger partial charge on any atom is 0.307 e. The largest absolute Gasteiger partial charge is 0.481 e. The second kappa shape index (κ2) is 4.63. The standard InChI is InChI=1S/C8H6Br3NO2/c9-4-2-5(10)8(12)7(11)3(4)1-6(13)14/h2H,1,12H2,(H,13,14). The minimum atomic E-state index is -0.895. The first-order valence-electron chi connectivity index (χ1n) is 3.57. The van der Waals surface area contributed by atoms with Gasteiger partial charge in [-0.3, -0.25) is 4.79 Å². The van der Waals surface area contributed by atoms with Crippen LogP contribution in [0.2, 0.25) is 0 Å². The van der Waals surface area contributed by atoms with Crippen LogP contribution >= 0.6 is 47.8 Å². The minimum Gasteiger partial charge on any atom is -0.481 e. The van der Waals surface area contributed by atoms with E-state index in [1.165, 1.54) is 0 Å². The van der Waals surface area contributed by atoms with Crippen molar-refractivity contribution in [3.05, 3.63) is 25.0 Å². The number of halogens is 3. The van der Waals surface area contributed by atoms with Gasteiger partial charge in [-0.25, -0.2) is 0 Å². The molecule has 1 aromatic rings. The smallest absolute Gasteiger partial charge is 0.307 e. The zero-order chi connectivity index (χ0) is 10.9. The van der Waals surface area contributed by atoms with Crippen molar-refractivity contribution in [2.45, 2.75) is 6.42 Å². The van der Waals surface area contributed by atoms with Crippen LogP contribution in [0.25, 0.3) is 0 Å². The van der Waals surface area contributed by atoms with Gasteiger partial charge < -0.3 is 10.8 Å². The Morgan fingerprint density at radius 2 is 1.93 bits per heavy atom. The van der Waals surface area contributed by atoms with Crippen molar-refractivity contribution in [1.82, 2.24) is 0 Å². The second-order valence-corrected chi connectivity index (χ2v) is 5.12. The molecule has 6 heteroatoms. The number of carboxylic acids is 1. The Morgan fingerprint density at radius 1 is 1.36 bits per heavy atom. The summed E-state index contributed by atoms with van der Waals surface area (Å²) in [7, 11) is 0. The number of benzene rings is 1. The molecule has 1 rings (SSSR count). The summed E-state index contributed by atoms with van der Waals surface area (Å²) in [4.78, 5) is 10.6. The predicted octanol–water partition coefficient (Wildman–Crippen LogP) is 3.18. The molecule has 0 aliphatic heterocycles. The van der Waals surface area contributed by atoms with Crippen LogP contribution in [0.5, 0.6) is 0 Å². The zero-order valence-corrected chi connectivity index (χ0v) is 11.6. The van der Waals surface area contributed by atoms with Gasteiger partial charge in [0.1, 0.15) is 0 Å². The van der Waals surface area contributed by atoms with Crippen molar-refractivity contribution in [2.75, 3.05) is 5.73 Å². The quantitative estimate of drug-likeness (QED) is 0.766. The lowest BCUT2D eigenvalue weighted by Gasteiger charge is -2.09. The van der Waals surface area contributed by atoms with Gasteiger partial charge in [-0.1, -0.05) is 15.9 Å². The van der Waals surface area contributed by atoms with Crippen LogP contribution in [0.3, 0.4) is 0 Å². The van der Waals surface area contributed by atoms with Crippen LogP contribution in [0.4, 0.5) is 5.69 Å². The monoisotopic (exact) mass is 385 g/mol. The normalized spacial score (nSPS) is 10.2. The van der Waals surface area contributed by atoms with E-state index in [2.05, 4.69) is 47.8 Å². The van der Waals surface area contributed by atoms with E-state index in [1.54, 1.807) is 6.07 Å². The first kappa shape index (κ1) is 12.0. The maximum absolute atomic E-state index is 10.6. The van der Waals surface area contributed by atoms with Gasteiger partial charge in [0.15, 0.2) is 0 Å². The fraction of sp³-hybridized carbons (Fsp3) is 0.125. The molecular formula is C8H6Br3NO2. The summed E-state index contributed by atoms with van der Waals surface area (Å²) in [5.41, 5.74) is 6.86. The molecule has 0 heterocycles. The Hall–Kier alpha value is -0.0700. The number of carboxylic acid groups (broad SMARTS) is 1. The molecule has 1 aromatic carbocycles. The summed E-state index contributed by atoms with van der Waals surface area (Å²) in [6, 6.07) is 1.73. The number of nitrogens with two attached hydrogens (primary N) is 1. The number of hydrogen-bond acceptors (Lipinski definition) is 2. The van der Waals surface area contributed by atoms with Crippen LogP contribution in [-0.2, 0) is 11.2 Å². The van der Waals surface area contributed by atoms with E-state index in [0.717, 1.165) is 4.47 Å². The van der Waals surface area contributed by atoms with Crippen molar-refractivity contribution < 1.29 is 9.90 Å². The molecule has 0 spiro atoms. The van der Waals surface area contributed by atoms with Gasteiger partial charge in [-0.05, 0) is 43.5 Å². The SMILES string of the molecule is Nc1c(Br)cc(Br)c(CC(=O)O)c1Br. The summed E-state index contributed by atoms with van der Waals surface area (Å²) in [6.07, 6.45) is -0.0708. The summed E-state index contributed by atoms with van der Waals surface area (Å²) in [5.74, 6) is -0.895. The average Bonchev–Trinajstić information content (AvgIpc) is 2.09. The Kier molecular flexibility index (Phi) is 3.97. The first-order valence-corrected chi connectivity index (χ1v) is 5.95. The Balaban J connectivity index is 3.29. The molecule has 0 aliphatic carbocycles. The molecule has 14 heavy (non-hydrogen) atoms. The van der Waals surface area contributed by atoms with E-state index in [1.807, 2.05) is 0 Å². The number of carbonyl (C=O) groups is 1. The van der Waals surface area contributed by atoms with E-state index in [-0.39, 0.29) is 6.42 Å². The van der Waals surface area contributed by atoms with E-state index in [4.69, 9.17) is 10.8 Å². The van der Waals surface area contributed by atoms with Gasteiger partial charge in [0.2, 0.25) is 0 Å². The molecule has 0 aliphatic rings. The highest BCUT2D eigenvalue weighted by Gasteiger charge is 2.14. The zero-order valence-electron chi connectivity index (χ0n) is 6.85. The summed E-state index contributed by atoms with van der Waals surface area (Å²) in [5, 5.41) is 8.68. The molecule has 0 atom stereocenters. The van der Waals surface area contributed by atoms with Crippen molar-refractivity contribution >= 4 is 59.4 Å². The van der Waals surface area contributed by atoms with Crippen LogP contribution in [-0.4, -0.2) is 11.1 Å². The number of nitrogen functional groups attached to an aromatic ring is 1. The van der Waals surface area contributed by atoms with Gasteiger partial charge >= 0.3 is 5.97 Å². The molecule has 0 aromatic heterocycles. The lowest BCUT2D eigenvalue weighted by molar-refractivity contribution is -0.136. The van der Waals surface area contributed by atoms with Crippen molar-refractivity contribution in [1.29, 1.82) is 0 Å². The van der Waals surface area contributed by atoms with Crippen molar-refractivity contribution in [2.24, 2.45) is 0 Å². The number of aliphatic carboxylic acids is 1. The fourth-order valence-corrected chi connectivity index (χ4v) is 3.36. The molecule has 0 bridgehead atoms. The molecule has 0 radical (unpaired) electrons. The highest BCUT2D eigenvalue weighted by atomic mass is 79.9. The van der Waals surface area contributed by atoms with Gasteiger partial charge in [0.25, 0.3) is 0 Å². The van der Waals surface area contributed by atoms with Crippen LogP contribution in [0.15, 0.2) is 19.5 Å². The van der Waals surface area contributed by atoms with Gasteiger partial charge in [0.05, 0.1) is 12.1 Å². The third kappa shape index (κ3) is 2.49. The molecule has 0 amide bonds. The molecule has 0 fully saturated rings. The third-order valence-electron chi connectivity index (χ3n) is 1.63. The molecule has 0 saturated carbocycles. The van der Waals surface area contributed by atoms with Gasteiger partial charge in [-0.15, -0.1) is 0 Å². The maximum atomic E-state index is 10.6. The van der Waals surface area contributed by atoms with E-state index in [0.29, 0.717) is 20.2 Å². The topological polar surface area (TPSA) is 63.3 Å². The molecule has 0 unspecified atom stereocenters. The molecule has 76 valence electrons. The highest BCUT2D eigenvalue weighted by molar-refractivity contribution is 9.11. The first-order chi connectivity index (χ1) is 6.43. The summed E-state index contributed by atoms with van der Waals surface area (Å²) < 4.78 is 2.05. The highest BCUT2D eigenvalue weighted by Crippen LogP contribution is 2.36. The molecule has 3 nitrogen and oxygen atoms in total. The average molecular weight is 388 g/mol. The number of rotatable bonds is 2. The summed E-state index contributed by atoms with van der Waals surface area (Å²) >= 11 is 9.81. The van der Waals surface area contributed by atoms with E-state index in [9.17, 15) is 4.79 Å². The van der Waals surface area contributed by atoms with Crippen molar-refractivity contribution in [3.63, 3.8) is 0 Å². The Morgan fingerprint density at radius 3 is 2.43 bits per heavy atom. The van der Waals surface area contributed by atoms with E-state index < -0.39 is 5.97 Å². The number of anilines is 1. The van der Waals surface area contributed by atoms with Gasteiger partial charge in [-0.2, -0.15) is 0 Å². The van der Waals surface area contributed by atoms with E-state index >= 15 is 0 Å². The molecular weight excluding hydrogens is 382 g/mol. The molecule has 0 saturated heterocycles. The molecule has 3 N–H and O–H groups in total. The lowest BCUT2D eigenvalue weighted by atomic mass is 10.1. The lowest BCUT2D eigenvalue weighted by Crippen LogP contribution is -2.03. The van der Waals surface area contributed by atoms with Crippen LogP contribution in [0, 0.1) is 0 Å². The van der Waals surface area contributed by atoms with Gasteiger partial charge in [0, 0.05) is 13.4 Å².